The van der Waals surface area contributed by atoms with Gasteiger partial charge in [0.15, 0.2) is 12.2 Å². The van der Waals surface area contributed by atoms with Crippen LogP contribution >= 0.6 is 15.6 Å². The first kappa shape index (κ1) is 92.1. The number of esters is 4. The fourth-order valence-corrected chi connectivity index (χ4v) is 11.7. The summed E-state index contributed by atoms with van der Waals surface area (Å²) in [6, 6.07) is 0. The van der Waals surface area contributed by atoms with Gasteiger partial charge in [-0.25, -0.2) is 9.13 Å². The van der Waals surface area contributed by atoms with Gasteiger partial charge in [0.1, 0.15) is 19.3 Å². The number of unbranched alkanes of at least 4 members (excludes halogenated alkanes) is 32. The number of aliphatic hydroxyl groups is 1. The van der Waals surface area contributed by atoms with E-state index in [-0.39, 0.29) is 25.7 Å². The summed E-state index contributed by atoms with van der Waals surface area (Å²) in [5.74, 6) is -2.46. The van der Waals surface area contributed by atoms with Gasteiger partial charge in [-0.2, -0.15) is 0 Å². The molecule has 5 atom stereocenters. The minimum absolute atomic E-state index is 0.00873. The quantitative estimate of drug-likeness (QED) is 0.0169. The summed E-state index contributed by atoms with van der Waals surface area (Å²) in [7, 11) is -10.7. The lowest BCUT2D eigenvalue weighted by molar-refractivity contribution is -0.161. The Morgan fingerprint density at radius 1 is 0.310 bits per heavy atom. The summed E-state index contributed by atoms with van der Waals surface area (Å²) in [6.07, 6.45) is 74.2. The first-order valence-corrected chi connectivity index (χ1v) is 42.3. The molecule has 100 heavy (non-hydrogen) atoms. The Bertz CT molecular complexity index is 2370. The third-order valence-electron chi connectivity index (χ3n) is 16.3. The fourth-order valence-electron chi connectivity index (χ4n) is 10.3. The van der Waals surface area contributed by atoms with Gasteiger partial charge in [-0.3, -0.25) is 37.3 Å². The first-order valence-electron chi connectivity index (χ1n) is 40.3. The highest BCUT2D eigenvalue weighted by Gasteiger charge is 2.30. The van der Waals surface area contributed by atoms with Crippen molar-refractivity contribution in [3.05, 3.63) is 97.2 Å². The number of hydrogen-bond acceptors (Lipinski definition) is 15. The lowest BCUT2D eigenvalue weighted by Crippen LogP contribution is -2.30. The van der Waals surface area contributed by atoms with E-state index in [9.17, 15) is 43.2 Å². The standard InChI is InChI=1S/C81H142O17P2/c1-5-9-13-17-21-25-29-33-37-41-45-49-53-57-61-65-78(83)91-71-76(97-80(85)67-63-59-55-51-47-43-39-35-31-27-23-19-15-11-7-3)73-95-99(87,88)93-69-75(82)70-94-100(89,90)96-74-77(98-81(86)68-64-60-56-52-48-44-40-36-32-28-24-20-16-12-8-4)72-92-79(84)66-62-58-54-50-46-42-38-34-30-26-22-18-14-10-6-2/h21-28,33-40,75-77,82H,5-20,29-32,41-74H2,1-4H3,(H,87,88)(H,89,90)/b25-21-,26-22-,27-23-,28-24-,37-33-,38-34-,39-35-,40-36-/t76-,77-/m1/s1/i69D2/t75-,76-,77-. The van der Waals surface area contributed by atoms with Gasteiger partial charge in [0.2, 0.25) is 0 Å². The zero-order chi connectivity index (χ0) is 75.0. The molecule has 17 nitrogen and oxygen atoms in total. The highest BCUT2D eigenvalue weighted by atomic mass is 31.2. The summed E-state index contributed by atoms with van der Waals surface area (Å²) in [5.41, 5.74) is 0. The van der Waals surface area contributed by atoms with Crippen LogP contribution in [0.4, 0.5) is 0 Å². The Morgan fingerprint density at radius 2 is 0.540 bits per heavy atom. The number of ether oxygens (including phenoxy) is 4. The Balaban J connectivity index is 5.58. The molecule has 0 amide bonds. The predicted octanol–water partition coefficient (Wildman–Crippen LogP) is 22.8. The largest absolute Gasteiger partial charge is 0.472 e. The SMILES string of the molecule is [2H]C([2H])(OP(=O)(O)OC[C@@H](COC(=O)CCCCCCC/C=C\C/C=C\CCCCC)OC(=O)CCCCCCC/C=C\C/C=C\CCCCC)[C@@H](O)COP(=O)(O)OC[C@@H](COC(=O)CCCCCCC/C=C\C/C=C\CCCCC)OC(=O)CCCCCCC/C=C\C/C=C\CCCCC. The molecule has 0 aromatic rings. The maximum Gasteiger partial charge on any atom is 0.472 e. The van der Waals surface area contributed by atoms with Crippen LogP contribution in [0.15, 0.2) is 97.2 Å². The number of rotatable bonds is 74. The number of carbonyl (C=O) groups excluding carboxylic acids is 4. The molecule has 0 aliphatic carbocycles. The van der Waals surface area contributed by atoms with Gasteiger partial charge in [-0.1, -0.05) is 253 Å². The van der Waals surface area contributed by atoms with Gasteiger partial charge in [0.25, 0.3) is 0 Å². The molecule has 2 unspecified atom stereocenters. The summed E-state index contributed by atoms with van der Waals surface area (Å²) >= 11 is 0. The van der Waals surface area contributed by atoms with E-state index in [1.54, 1.807) is 0 Å². The van der Waals surface area contributed by atoms with Crippen molar-refractivity contribution in [1.29, 1.82) is 0 Å². The van der Waals surface area contributed by atoms with Gasteiger partial charge in [0.05, 0.1) is 29.1 Å². The van der Waals surface area contributed by atoms with E-state index in [2.05, 4.69) is 125 Å². The summed E-state index contributed by atoms with van der Waals surface area (Å²) < 4.78 is 84.7. The van der Waals surface area contributed by atoms with E-state index in [0.29, 0.717) is 25.7 Å². The summed E-state index contributed by atoms with van der Waals surface area (Å²) in [5, 5.41) is 10.8. The average Bonchev–Trinajstić information content (AvgIpc) is 0.837. The van der Waals surface area contributed by atoms with Crippen LogP contribution in [0, 0.1) is 0 Å². The molecule has 0 spiro atoms. The molecule has 3 N–H and O–H groups in total. The van der Waals surface area contributed by atoms with E-state index in [1.165, 1.54) is 77.0 Å². The van der Waals surface area contributed by atoms with Crippen LogP contribution < -0.4 is 0 Å². The van der Waals surface area contributed by atoms with Crippen LogP contribution in [-0.4, -0.2) is 96.7 Å². The lowest BCUT2D eigenvalue weighted by atomic mass is 10.1. The molecule has 0 rings (SSSR count). The third-order valence-corrected chi connectivity index (χ3v) is 18.1. The number of phosphoric ester groups is 2. The number of aliphatic hydroxyl groups excluding tert-OH is 1. The maximum atomic E-state index is 13.3. The van der Waals surface area contributed by atoms with Crippen molar-refractivity contribution < 1.29 is 83.0 Å². The monoisotopic (exact) mass is 1450 g/mol. The van der Waals surface area contributed by atoms with E-state index in [0.717, 1.165) is 180 Å². The first-order chi connectivity index (χ1) is 49.4. The van der Waals surface area contributed by atoms with Crippen LogP contribution in [0.25, 0.3) is 0 Å². The molecule has 0 aliphatic rings. The second-order valence-corrected chi connectivity index (χ2v) is 28.9. The third kappa shape index (κ3) is 72.3. The molecule has 0 bridgehead atoms. The minimum atomic E-state index is -5.48. The fraction of sp³-hybridized carbons (Fsp3) is 0.753. The topological polar surface area (TPSA) is 237 Å². The molecule has 0 aromatic heterocycles. The van der Waals surface area contributed by atoms with Crippen molar-refractivity contribution in [2.24, 2.45) is 0 Å². The van der Waals surface area contributed by atoms with Crippen LogP contribution in [0.5, 0.6) is 0 Å². The van der Waals surface area contributed by atoms with Crippen LogP contribution in [0.3, 0.4) is 0 Å². The molecule has 0 aliphatic heterocycles. The molecule has 0 radical (unpaired) electrons. The molecule has 0 saturated carbocycles. The van der Waals surface area contributed by atoms with E-state index in [1.807, 2.05) is 0 Å². The van der Waals surface area contributed by atoms with Crippen molar-refractivity contribution in [3.8, 4) is 0 Å². The van der Waals surface area contributed by atoms with Crippen LogP contribution in [0.1, 0.15) is 339 Å². The van der Waals surface area contributed by atoms with Crippen molar-refractivity contribution in [1.82, 2.24) is 0 Å². The molecular weight excluding hydrogens is 1310 g/mol. The zero-order valence-electron chi connectivity index (χ0n) is 64.9. The number of allylic oxidation sites excluding steroid dienone is 16. The molecule has 0 saturated heterocycles. The molecule has 0 fully saturated rings. The Labute approximate surface area is 610 Å². The van der Waals surface area contributed by atoms with Crippen molar-refractivity contribution in [2.45, 2.75) is 354 Å². The van der Waals surface area contributed by atoms with Gasteiger partial charge in [-0.05, 0) is 154 Å². The molecule has 0 heterocycles. The lowest BCUT2D eigenvalue weighted by Gasteiger charge is -2.21. The number of carbonyl (C=O) groups is 4. The Morgan fingerprint density at radius 3 is 0.820 bits per heavy atom. The second kappa shape index (κ2) is 73.3. The highest BCUT2D eigenvalue weighted by Crippen LogP contribution is 2.45. The van der Waals surface area contributed by atoms with Gasteiger partial charge in [0, 0.05) is 25.7 Å². The number of phosphoric acid groups is 2. The van der Waals surface area contributed by atoms with E-state index >= 15 is 0 Å². The molecule has 0 aromatic carbocycles. The predicted molar refractivity (Wildman–Crippen MR) is 409 cm³/mol. The zero-order valence-corrected chi connectivity index (χ0v) is 64.7. The molecule has 578 valence electrons. The van der Waals surface area contributed by atoms with Gasteiger partial charge >= 0.3 is 39.5 Å². The minimum Gasteiger partial charge on any atom is -0.462 e. The highest BCUT2D eigenvalue weighted by molar-refractivity contribution is 7.47. The van der Waals surface area contributed by atoms with E-state index in [4.69, 9.17) is 39.8 Å². The second-order valence-electron chi connectivity index (χ2n) is 26.1. The molecular formula is C81H142O17P2. The van der Waals surface area contributed by atoms with Crippen LogP contribution in [-0.2, 0) is 65.4 Å². The van der Waals surface area contributed by atoms with Crippen molar-refractivity contribution >= 4 is 39.5 Å². The smallest absolute Gasteiger partial charge is 0.462 e. The Kier molecular flexibility index (Phi) is 67.5. The van der Waals surface area contributed by atoms with E-state index < -0.39 is 97.4 Å². The Hall–Kier alpha value is -4.02. The summed E-state index contributed by atoms with van der Waals surface area (Å²) in [6.45, 7) is 1.27. The maximum absolute atomic E-state index is 13.3. The van der Waals surface area contributed by atoms with Gasteiger partial charge < -0.3 is 33.8 Å². The normalized spacial score (nSPS) is 14.9. The number of hydrogen-bond donors (Lipinski definition) is 3. The average molecular weight is 1450 g/mol. The van der Waals surface area contributed by atoms with Crippen LogP contribution in [0.2, 0.25) is 0 Å². The van der Waals surface area contributed by atoms with Gasteiger partial charge in [-0.15, -0.1) is 0 Å². The van der Waals surface area contributed by atoms with Crippen molar-refractivity contribution in [2.75, 3.05) is 39.6 Å². The van der Waals surface area contributed by atoms with Crippen molar-refractivity contribution in [3.63, 3.8) is 0 Å². The molecule has 19 heteroatoms. The summed E-state index contributed by atoms with van der Waals surface area (Å²) in [4.78, 5) is 73.2.